The molecule has 13 heavy (non-hydrogen) atoms. The van der Waals surface area contributed by atoms with Crippen LogP contribution < -0.4 is 5.73 Å². The minimum absolute atomic E-state index is 0.0351. The number of nitrogen functional groups attached to an aromatic ring is 1. The standard InChI is InChI=1S/C7H11N3O2S/c1-10-6-2-3-13(11,12)4-5(6)9-7(10)8/h2-4H2,1H3,(H2,8,9). The molecule has 1 aliphatic rings. The Morgan fingerprint density at radius 1 is 1.54 bits per heavy atom. The van der Waals surface area contributed by atoms with Gasteiger partial charge in [0.1, 0.15) is 0 Å². The summed E-state index contributed by atoms with van der Waals surface area (Å²) in [6.07, 6.45) is 0.526. The zero-order valence-corrected chi connectivity index (χ0v) is 8.13. The number of nitrogens with zero attached hydrogens (tertiary/aromatic N) is 2. The molecule has 0 saturated carbocycles. The lowest BCUT2D eigenvalue weighted by Crippen LogP contribution is -2.20. The summed E-state index contributed by atoms with van der Waals surface area (Å²) >= 11 is 0. The summed E-state index contributed by atoms with van der Waals surface area (Å²) in [5.74, 6) is 0.633. The lowest BCUT2D eigenvalue weighted by molar-refractivity contribution is 0.589. The third kappa shape index (κ3) is 1.31. The Hall–Kier alpha value is -1.04. The molecule has 2 rings (SSSR count). The number of sulfone groups is 1. The lowest BCUT2D eigenvalue weighted by atomic mass is 10.3. The summed E-state index contributed by atoms with van der Waals surface area (Å²) in [6.45, 7) is 0. The summed E-state index contributed by atoms with van der Waals surface area (Å²) in [6, 6.07) is 0. The average molecular weight is 201 g/mol. The van der Waals surface area contributed by atoms with Gasteiger partial charge in [-0.05, 0) is 0 Å². The highest BCUT2D eigenvalue weighted by Crippen LogP contribution is 2.21. The molecule has 0 unspecified atom stereocenters. The van der Waals surface area contributed by atoms with Crippen molar-refractivity contribution in [3.05, 3.63) is 11.4 Å². The zero-order chi connectivity index (χ0) is 9.64. The molecule has 0 saturated heterocycles. The zero-order valence-electron chi connectivity index (χ0n) is 7.32. The van der Waals surface area contributed by atoms with Crippen LogP contribution in [0.4, 0.5) is 5.95 Å². The van der Waals surface area contributed by atoms with Gasteiger partial charge in [-0.2, -0.15) is 0 Å². The van der Waals surface area contributed by atoms with Crippen molar-refractivity contribution < 1.29 is 8.42 Å². The fourth-order valence-electron chi connectivity index (χ4n) is 1.57. The van der Waals surface area contributed by atoms with E-state index in [4.69, 9.17) is 5.73 Å². The number of rotatable bonds is 0. The number of fused-ring (bicyclic) bond motifs is 1. The third-order valence-corrected chi connectivity index (χ3v) is 3.88. The van der Waals surface area contributed by atoms with E-state index in [1.165, 1.54) is 0 Å². The maximum atomic E-state index is 11.2. The van der Waals surface area contributed by atoms with E-state index in [0.29, 0.717) is 18.1 Å². The van der Waals surface area contributed by atoms with Gasteiger partial charge in [-0.15, -0.1) is 0 Å². The summed E-state index contributed by atoms with van der Waals surface area (Å²) in [7, 11) is -1.13. The number of nitrogens with two attached hydrogens (primary N) is 1. The lowest BCUT2D eigenvalue weighted by Gasteiger charge is -2.11. The number of imidazole rings is 1. The summed E-state index contributed by atoms with van der Waals surface area (Å²) in [4.78, 5) is 4.01. The van der Waals surface area contributed by atoms with Crippen LogP contribution in [0.3, 0.4) is 0 Å². The van der Waals surface area contributed by atoms with Crippen LogP contribution in [0.1, 0.15) is 11.4 Å². The first-order valence-electron chi connectivity index (χ1n) is 4.00. The molecule has 0 aromatic carbocycles. The molecule has 0 spiro atoms. The van der Waals surface area contributed by atoms with Crippen LogP contribution in [0, 0.1) is 0 Å². The van der Waals surface area contributed by atoms with Crippen molar-refractivity contribution >= 4 is 15.8 Å². The van der Waals surface area contributed by atoms with E-state index in [0.717, 1.165) is 5.69 Å². The maximum absolute atomic E-state index is 11.2. The predicted octanol–water partition coefficient (Wildman–Crippen LogP) is -0.527. The molecule has 0 radical (unpaired) electrons. The summed E-state index contributed by atoms with van der Waals surface area (Å²) in [5, 5.41) is 0. The van der Waals surface area contributed by atoms with Crippen LogP contribution in [-0.2, 0) is 29.1 Å². The first-order chi connectivity index (χ1) is 5.99. The van der Waals surface area contributed by atoms with Crippen molar-refractivity contribution in [3.63, 3.8) is 0 Å². The molecule has 0 aliphatic carbocycles. The van der Waals surface area contributed by atoms with Crippen LogP contribution in [0.2, 0.25) is 0 Å². The van der Waals surface area contributed by atoms with E-state index < -0.39 is 9.84 Å². The SMILES string of the molecule is Cn1c(N)nc2c1CCS(=O)(=O)C2. The third-order valence-electron chi connectivity index (χ3n) is 2.34. The molecule has 1 aromatic rings. The summed E-state index contributed by atoms with van der Waals surface area (Å²) < 4.78 is 24.2. The minimum Gasteiger partial charge on any atom is -0.369 e. The number of anilines is 1. The van der Waals surface area contributed by atoms with Crippen LogP contribution in [0.5, 0.6) is 0 Å². The van der Waals surface area contributed by atoms with E-state index in [1.54, 1.807) is 11.6 Å². The molecule has 6 heteroatoms. The highest BCUT2D eigenvalue weighted by atomic mass is 32.2. The number of hydrogen-bond donors (Lipinski definition) is 1. The topological polar surface area (TPSA) is 78.0 Å². The molecule has 0 amide bonds. The second-order valence-electron chi connectivity index (χ2n) is 3.26. The Labute approximate surface area is 76.5 Å². The van der Waals surface area contributed by atoms with Gasteiger partial charge in [-0.25, -0.2) is 13.4 Å². The van der Waals surface area contributed by atoms with Crippen LogP contribution in [0.15, 0.2) is 0 Å². The fourth-order valence-corrected chi connectivity index (χ4v) is 2.87. The summed E-state index contributed by atoms with van der Waals surface area (Å²) in [5.41, 5.74) is 7.13. The average Bonchev–Trinajstić information content (AvgIpc) is 2.25. The Bertz CT molecular complexity index is 447. The first kappa shape index (κ1) is 8.55. The van der Waals surface area contributed by atoms with Gasteiger partial charge < -0.3 is 10.3 Å². The minimum atomic E-state index is -2.93. The van der Waals surface area contributed by atoms with E-state index in [1.807, 2.05) is 0 Å². The number of aromatic nitrogens is 2. The Kier molecular flexibility index (Phi) is 1.63. The van der Waals surface area contributed by atoms with Crippen molar-refractivity contribution in [2.75, 3.05) is 11.5 Å². The second-order valence-corrected chi connectivity index (χ2v) is 5.45. The highest BCUT2D eigenvalue weighted by Gasteiger charge is 2.25. The molecule has 1 aliphatic heterocycles. The van der Waals surface area contributed by atoms with E-state index >= 15 is 0 Å². The van der Waals surface area contributed by atoms with Crippen LogP contribution in [-0.4, -0.2) is 23.7 Å². The quantitative estimate of drug-likeness (QED) is 0.612. The van der Waals surface area contributed by atoms with Crippen LogP contribution in [0.25, 0.3) is 0 Å². The van der Waals surface area contributed by atoms with Gasteiger partial charge in [0.25, 0.3) is 0 Å². The second kappa shape index (κ2) is 2.47. The van der Waals surface area contributed by atoms with Gasteiger partial charge in [0.15, 0.2) is 15.8 Å². The molecule has 0 fully saturated rings. The van der Waals surface area contributed by atoms with Gasteiger partial charge in [-0.1, -0.05) is 0 Å². The molecular weight excluding hydrogens is 190 g/mol. The van der Waals surface area contributed by atoms with Crippen molar-refractivity contribution in [3.8, 4) is 0 Å². The van der Waals surface area contributed by atoms with Gasteiger partial charge >= 0.3 is 0 Å². The van der Waals surface area contributed by atoms with Crippen molar-refractivity contribution in [1.82, 2.24) is 9.55 Å². The first-order valence-corrected chi connectivity index (χ1v) is 5.82. The van der Waals surface area contributed by atoms with Gasteiger partial charge in [0.2, 0.25) is 0 Å². The molecule has 2 N–H and O–H groups in total. The van der Waals surface area contributed by atoms with Crippen LogP contribution >= 0.6 is 0 Å². The van der Waals surface area contributed by atoms with Gasteiger partial charge in [-0.3, -0.25) is 0 Å². The fraction of sp³-hybridized carbons (Fsp3) is 0.571. The Morgan fingerprint density at radius 2 is 2.23 bits per heavy atom. The maximum Gasteiger partial charge on any atom is 0.200 e. The van der Waals surface area contributed by atoms with Gasteiger partial charge in [0, 0.05) is 19.2 Å². The monoisotopic (exact) mass is 201 g/mol. The largest absolute Gasteiger partial charge is 0.369 e. The highest BCUT2D eigenvalue weighted by molar-refractivity contribution is 7.90. The van der Waals surface area contributed by atoms with Crippen molar-refractivity contribution in [1.29, 1.82) is 0 Å². The molecule has 0 atom stereocenters. The number of hydrogen-bond acceptors (Lipinski definition) is 4. The van der Waals surface area contributed by atoms with E-state index in [-0.39, 0.29) is 11.5 Å². The molecule has 1 aromatic heterocycles. The molecule has 0 bridgehead atoms. The van der Waals surface area contributed by atoms with Crippen molar-refractivity contribution in [2.45, 2.75) is 12.2 Å². The Balaban J connectivity index is 2.54. The normalized spacial score (nSPS) is 19.8. The molecule has 72 valence electrons. The van der Waals surface area contributed by atoms with Gasteiger partial charge in [0.05, 0.1) is 17.2 Å². The molecule has 5 nitrogen and oxygen atoms in total. The van der Waals surface area contributed by atoms with E-state index in [2.05, 4.69) is 4.98 Å². The smallest absolute Gasteiger partial charge is 0.200 e. The Morgan fingerprint density at radius 3 is 2.92 bits per heavy atom. The predicted molar refractivity (Wildman–Crippen MR) is 48.8 cm³/mol. The van der Waals surface area contributed by atoms with Crippen molar-refractivity contribution in [2.24, 2.45) is 7.05 Å². The molecular formula is C7H11N3O2S. The van der Waals surface area contributed by atoms with E-state index in [9.17, 15) is 8.42 Å². The molecule has 2 heterocycles.